The highest BCUT2D eigenvalue weighted by Gasteiger charge is 2.65. The van der Waals surface area contributed by atoms with Gasteiger partial charge in [-0.3, -0.25) is 38.4 Å². The Morgan fingerprint density at radius 2 is 0.936 bits per heavy atom. The Hall–Kier alpha value is -7.74. The van der Waals surface area contributed by atoms with Crippen molar-refractivity contribution in [3.63, 3.8) is 0 Å². The summed E-state index contributed by atoms with van der Waals surface area (Å²) in [4.78, 5) is 157. The van der Waals surface area contributed by atoms with Gasteiger partial charge in [0.15, 0.2) is 11.4 Å². The summed E-state index contributed by atoms with van der Waals surface area (Å²) in [7, 11) is 7.47. The van der Waals surface area contributed by atoms with Gasteiger partial charge in [-0.15, -0.1) is 0 Å². The largest absolute Gasteiger partial charge is 0.505 e. The molecule has 10 atom stereocenters. The Labute approximate surface area is 455 Å². The van der Waals surface area contributed by atoms with E-state index in [1.54, 1.807) is 62.4 Å². The number of likely N-dealkylation sites (N-methyl/N-ethyl adjacent to an activating group) is 4. The van der Waals surface area contributed by atoms with Crippen LogP contribution in [0.5, 0.6) is 11.5 Å². The van der Waals surface area contributed by atoms with E-state index in [-0.39, 0.29) is 24.3 Å². The predicted molar refractivity (Wildman–Crippen MR) is 283 cm³/mol. The van der Waals surface area contributed by atoms with Crippen LogP contribution in [-0.4, -0.2) is 199 Å². The van der Waals surface area contributed by atoms with Gasteiger partial charge >= 0.3 is 11.9 Å². The van der Waals surface area contributed by atoms with E-state index in [2.05, 4.69) is 31.2 Å². The summed E-state index contributed by atoms with van der Waals surface area (Å²) in [5.41, 5.74) is -3.53. The van der Waals surface area contributed by atoms with E-state index in [4.69, 9.17) is 9.47 Å². The van der Waals surface area contributed by atoms with Crippen LogP contribution in [0, 0.1) is 11.8 Å². The number of ether oxygens (including phenoxy) is 2. The number of nitrogens with zero attached hydrogens (tertiary/aromatic N) is 6. The number of nitrogens with one attached hydrogen (secondary N) is 4. The molecule has 4 aromatic rings. The zero-order valence-corrected chi connectivity index (χ0v) is 45.6. The summed E-state index contributed by atoms with van der Waals surface area (Å²) in [6.45, 7) is 4.36. The third-order valence-electron chi connectivity index (χ3n) is 15.1. The molecule has 0 radical (unpaired) electrons. The minimum atomic E-state index is -1.74. The molecule has 4 fully saturated rings. The van der Waals surface area contributed by atoms with E-state index in [1.165, 1.54) is 54.2 Å². The first-order chi connectivity index (χ1) is 36.9. The van der Waals surface area contributed by atoms with E-state index in [9.17, 15) is 58.2 Å². The number of cyclic esters (lactones) is 2. The molecule has 2 aromatic heterocycles. The fraction of sp³-hybridized carbons (Fsp3) is 0.462. The van der Waals surface area contributed by atoms with Gasteiger partial charge in [-0.05, 0) is 62.8 Å². The van der Waals surface area contributed by atoms with Crippen molar-refractivity contribution in [3.05, 3.63) is 72.1 Å². The first kappa shape index (κ1) is 56.5. The molecular formula is C52H60N10O14S2. The standard InChI is InChI=1S/C52H60N10O14S2/c1-25-19-51(25)49(73)75-21-33(57-43(67)39-37(63)17-29-13-9-11-15-31(29)55-39)41(65)53-28(4)46(70)60(6)36-24-78-77-23-35(47(71)61(51)7)59(5)45(69)27(3)54-42(66)34(22-76-50(74)52(20-26(52)2)62(8)48(36)72)58-44(68)40-38(64)18-30-14-10-12-16-32(30)56-40/h9-18,25-28,33-36,63-64H,19-24H2,1-8H3,(H,53,65)(H,54,66)(H,57,67)(H,58,68)/t25?,26?,27-,28-,33-,34-,35-,36-,51?,52?/m0/s1. The summed E-state index contributed by atoms with van der Waals surface area (Å²) in [5.74, 6) is -11.6. The zero-order chi connectivity index (χ0) is 56.7. The Balaban J connectivity index is 1.15. The molecule has 26 heteroatoms. The van der Waals surface area contributed by atoms with Gasteiger partial charge in [-0.1, -0.05) is 71.8 Å². The number of esters is 2. The summed E-state index contributed by atoms with van der Waals surface area (Å²) in [6.07, 6.45) is 0.175. The predicted octanol–water partition coefficient (Wildman–Crippen LogP) is 0.724. The van der Waals surface area contributed by atoms with Crippen molar-refractivity contribution < 1.29 is 67.6 Å². The Kier molecular flexibility index (Phi) is 16.2. The quantitative estimate of drug-likeness (QED) is 0.121. The molecule has 8 rings (SSSR count). The molecule has 2 saturated heterocycles. The lowest BCUT2D eigenvalue weighted by molar-refractivity contribution is -0.161. The monoisotopic (exact) mass is 1110 g/mol. The number of aromatic hydroxyl groups is 2. The number of hydrogen-bond donors (Lipinski definition) is 6. The number of benzene rings is 2. The summed E-state index contributed by atoms with van der Waals surface area (Å²) >= 11 is 0. The van der Waals surface area contributed by atoms with Gasteiger partial charge in [0, 0.05) is 50.5 Å². The number of carbonyl (C=O) groups excluding carboxylic acids is 10. The van der Waals surface area contributed by atoms with Crippen LogP contribution in [0.1, 0.15) is 61.5 Å². The van der Waals surface area contributed by atoms with Gasteiger partial charge in [-0.25, -0.2) is 19.6 Å². The van der Waals surface area contributed by atoms with E-state index < -0.39 is 154 Å². The van der Waals surface area contributed by atoms with E-state index in [0.29, 0.717) is 21.8 Å². The van der Waals surface area contributed by atoms with Gasteiger partial charge in [0.25, 0.3) is 11.8 Å². The average molecular weight is 1110 g/mol. The number of carbonyl (C=O) groups is 10. The van der Waals surface area contributed by atoms with Gasteiger partial charge in [0.1, 0.15) is 72.0 Å². The molecule has 4 aliphatic rings. The second kappa shape index (κ2) is 22.3. The SMILES string of the molecule is CC1CC12C(=O)OC[C@H](NC(=O)c1nc3ccccc3cc1O)C(=O)N[C@@H](C)C(=O)N(C)[C@H]1CSSC[C@@H](C(=O)N2C)N(C)C(=O)[C@H](C)NC(=O)[C@@H](NC(=O)c2nc3ccccc3cc2O)COC(=O)C2(CC2C)N(C)C1=O. The molecule has 24 nitrogen and oxygen atoms in total. The maximum Gasteiger partial charge on any atom is 0.332 e. The van der Waals surface area contributed by atoms with Gasteiger partial charge < -0.3 is 60.6 Å². The minimum Gasteiger partial charge on any atom is -0.505 e. The highest BCUT2D eigenvalue weighted by molar-refractivity contribution is 8.76. The lowest BCUT2D eigenvalue weighted by Gasteiger charge is -2.37. The summed E-state index contributed by atoms with van der Waals surface area (Å²) < 4.78 is 11.5. The topological polar surface area (TPSA) is 316 Å². The van der Waals surface area contributed by atoms with E-state index in [0.717, 1.165) is 41.2 Å². The Morgan fingerprint density at radius 1 is 0.590 bits per heavy atom. The Morgan fingerprint density at radius 3 is 1.28 bits per heavy atom. The molecular weight excluding hydrogens is 1050 g/mol. The molecule has 6 N–H and O–H groups in total. The van der Waals surface area contributed by atoms with Crippen LogP contribution in [0.3, 0.4) is 0 Å². The van der Waals surface area contributed by atoms with Gasteiger partial charge in [-0.2, -0.15) is 0 Å². The van der Waals surface area contributed by atoms with Crippen LogP contribution in [-0.2, 0) is 47.8 Å². The molecule has 2 spiro atoms. The number of fused-ring (bicyclic) bond motifs is 7. The van der Waals surface area contributed by atoms with Crippen molar-refractivity contribution in [2.24, 2.45) is 11.8 Å². The molecule has 2 aliphatic heterocycles. The minimum absolute atomic E-state index is 0.0877. The highest BCUT2D eigenvalue weighted by atomic mass is 33.1. The number of hydrogen-bond acceptors (Lipinski definition) is 18. The van der Waals surface area contributed by atoms with Crippen molar-refractivity contribution in [1.82, 2.24) is 50.8 Å². The fourth-order valence-corrected chi connectivity index (χ4v) is 12.5. The molecule has 414 valence electrons. The number of para-hydroxylation sites is 2. The molecule has 2 aromatic carbocycles. The molecule has 8 amide bonds. The molecule has 4 heterocycles. The second-order valence-corrected chi connectivity index (χ2v) is 22.7. The average Bonchev–Trinajstić information content (AvgIpc) is 4.51. The van der Waals surface area contributed by atoms with Crippen LogP contribution >= 0.6 is 21.6 Å². The van der Waals surface area contributed by atoms with Crippen LogP contribution in [0.25, 0.3) is 21.8 Å². The summed E-state index contributed by atoms with van der Waals surface area (Å²) in [5, 5.41) is 32.7. The first-order valence-corrected chi connectivity index (χ1v) is 27.5. The van der Waals surface area contributed by atoms with Crippen LogP contribution in [0.2, 0.25) is 0 Å². The number of amides is 8. The highest BCUT2D eigenvalue weighted by Crippen LogP contribution is 2.50. The van der Waals surface area contributed by atoms with Crippen molar-refractivity contribution >= 4 is 103 Å². The van der Waals surface area contributed by atoms with Gasteiger partial charge in [0.05, 0.1) is 11.0 Å². The van der Waals surface area contributed by atoms with Crippen molar-refractivity contribution in [2.45, 2.75) is 87.9 Å². The Bertz CT molecular complexity index is 2940. The fourth-order valence-electron chi connectivity index (χ4n) is 9.96. The molecule has 4 unspecified atom stereocenters. The smallest absolute Gasteiger partial charge is 0.332 e. The number of pyridine rings is 2. The third-order valence-corrected chi connectivity index (χ3v) is 17.5. The lowest BCUT2D eigenvalue weighted by atomic mass is 10.1. The third kappa shape index (κ3) is 10.8. The van der Waals surface area contributed by atoms with Crippen molar-refractivity contribution in [2.75, 3.05) is 52.9 Å². The van der Waals surface area contributed by atoms with Crippen LogP contribution < -0.4 is 21.3 Å². The van der Waals surface area contributed by atoms with Crippen molar-refractivity contribution in [3.8, 4) is 11.5 Å². The maximum atomic E-state index is 14.9. The number of rotatable bonds is 4. The zero-order valence-electron chi connectivity index (χ0n) is 43.9. The van der Waals surface area contributed by atoms with Crippen LogP contribution in [0.15, 0.2) is 60.7 Å². The van der Waals surface area contributed by atoms with E-state index in [1.807, 2.05) is 0 Å². The maximum absolute atomic E-state index is 14.9. The molecule has 2 bridgehead atoms. The molecule has 2 saturated carbocycles. The summed E-state index contributed by atoms with van der Waals surface area (Å²) in [6, 6.07) is 6.85. The van der Waals surface area contributed by atoms with E-state index >= 15 is 0 Å². The normalized spacial score (nSPS) is 29.2. The second-order valence-electron chi connectivity index (χ2n) is 20.2. The lowest BCUT2D eigenvalue weighted by Crippen LogP contribution is -2.61. The van der Waals surface area contributed by atoms with Crippen molar-refractivity contribution in [1.29, 1.82) is 0 Å². The van der Waals surface area contributed by atoms with Gasteiger partial charge in [0.2, 0.25) is 35.4 Å². The molecule has 78 heavy (non-hydrogen) atoms. The first-order valence-electron chi connectivity index (χ1n) is 25.0. The molecule has 2 aliphatic carbocycles. The number of aromatic nitrogens is 2. The van der Waals surface area contributed by atoms with Crippen LogP contribution in [0.4, 0.5) is 0 Å².